The quantitative estimate of drug-likeness (QED) is 0.660. The Balaban J connectivity index is 1.53. The van der Waals surface area contributed by atoms with E-state index in [0.717, 1.165) is 25.7 Å². The van der Waals surface area contributed by atoms with Crippen molar-refractivity contribution in [3.05, 3.63) is 11.6 Å². The van der Waals surface area contributed by atoms with Crippen LogP contribution in [0.1, 0.15) is 57.8 Å². The smallest absolute Gasteiger partial charge is 0.226 e. The minimum absolute atomic E-state index is 0.0278. The molecule has 0 aromatic carbocycles. The van der Waals surface area contributed by atoms with Gasteiger partial charge < -0.3 is 16.4 Å². The highest BCUT2D eigenvalue weighted by Crippen LogP contribution is 2.42. The molecule has 2 aliphatic carbocycles. The van der Waals surface area contributed by atoms with Crippen LogP contribution in [-0.2, 0) is 9.59 Å². The number of thiazole rings is 1. The lowest BCUT2D eigenvalue weighted by atomic mass is 9.69. The zero-order chi connectivity index (χ0) is 17.7. The van der Waals surface area contributed by atoms with Crippen LogP contribution in [0.4, 0.5) is 5.13 Å². The number of nitrogens with one attached hydrogen (secondary N) is 2. The molecule has 25 heavy (non-hydrogen) atoms. The maximum atomic E-state index is 12.5. The third-order valence-corrected chi connectivity index (χ3v) is 6.11. The van der Waals surface area contributed by atoms with Gasteiger partial charge in [-0.3, -0.25) is 9.59 Å². The summed E-state index contributed by atoms with van der Waals surface area (Å²) in [5, 5.41) is 8.30. The molecule has 2 saturated carbocycles. The molecule has 1 aromatic rings. The summed E-state index contributed by atoms with van der Waals surface area (Å²) in [5.74, 6) is 0.562. The molecule has 138 valence electrons. The number of amides is 2. The van der Waals surface area contributed by atoms with E-state index in [9.17, 15) is 9.59 Å². The van der Waals surface area contributed by atoms with Crippen molar-refractivity contribution in [2.24, 2.45) is 17.1 Å². The van der Waals surface area contributed by atoms with Crippen LogP contribution >= 0.6 is 11.3 Å². The number of carbonyl (C=O) groups excluding carboxylic acids is 2. The van der Waals surface area contributed by atoms with Gasteiger partial charge in [0, 0.05) is 37.0 Å². The average Bonchev–Trinajstić information content (AvgIpc) is 3.31. The van der Waals surface area contributed by atoms with Crippen LogP contribution in [0.25, 0.3) is 0 Å². The molecule has 4 N–H and O–H groups in total. The van der Waals surface area contributed by atoms with E-state index >= 15 is 0 Å². The molecule has 2 aliphatic rings. The first-order valence-corrected chi connectivity index (χ1v) is 10.2. The highest BCUT2D eigenvalue weighted by molar-refractivity contribution is 7.13. The first-order valence-electron chi connectivity index (χ1n) is 9.28. The van der Waals surface area contributed by atoms with Crippen LogP contribution in [0.15, 0.2) is 11.6 Å². The molecule has 7 heteroatoms. The van der Waals surface area contributed by atoms with Crippen LogP contribution in [-0.4, -0.2) is 29.4 Å². The first kappa shape index (κ1) is 18.3. The summed E-state index contributed by atoms with van der Waals surface area (Å²) in [6.07, 6.45) is 10.0. The normalized spacial score (nSPS) is 20.7. The molecule has 0 saturated heterocycles. The summed E-state index contributed by atoms with van der Waals surface area (Å²) in [4.78, 5) is 29.0. The Bertz CT molecular complexity index is 580. The molecule has 0 spiro atoms. The fourth-order valence-corrected chi connectivity index (χ4v) is 4.38. The largest absolute Gasteiger partial charge is 0.355 e. The van der Waals surface area contributed by atoms with Gasteiger partial charge in [-0.05, 0) is 37.0 Å². The lowest BCUT2D eigenvalue weighted by molar-refractivity contribution is -0.126. The third-order valence-electron chi connectivity index (χ3n) is 5.43. The van der Waals surface area contributed by atoms with E-state index in [0.29, 0.717) is 30.4 Å². The summed E-state index contributed by atoms with van der Waals surface area (Å²) in [5.41, 5.74) is 5.84. The van der Waals surface area contributed by atoms with Gasteiger partial charge in [0.1, 0.15) is 0 Å². The number of carbonyl (C=O) groups is 2. The van der Waals surface area contributed by atoms with Crippen LogP contribution in [0.2, 0.25) is 0 Å². The topological polar surface area (TPSA) is 97.1 Å². The van der Waals surface area contributed by atoms with Gasteiger partial charge in [0.15, 0.2) is 5.13 Å². The van der Waals surface area contributed by atoms with Gasteiger partial charge in [0.25, 0.3) is 0 Å². The Morgan fingerprint density at radius 2 is 1.96 bits per heavy atom. The predicted octanol–water partition coefficient (Wildman–Crippen LogP) is 2.67. The number of nitrogens with two attached hydrogens (primary N) is 1. The highest BCUT2D eigenvalue weighted by Gasteiger charge is 2.37. The van der Waals surface area contributed by atoms with Crippen molar-refractivity contribution in [1.29, 1.82) is 0 Å². The van der Waals surface area contributed by atoms with Crippen LogP contribution in [0, 0.1) is 11.3 Å². The Hall–Kier alpha value is -1.47. The Labute approximate surface area is 153 Å². The van der Waals surface area contributed by atoms with Crippen LogP contribution < -0.4 is 16.4 Å². The summed E-state index contributed by atoms with van der Waals surface area (Å²) in [7, 11) is 0. The maximum Gasteiger partial charge on any atom is 0.226 e. The van der Waals surface area contributed by atoms with E-state index in [1.54, 1.807) is 6.20 Å². The van der Waals surface area contributed by atoms with E-state index in [2.05, 4.69) is 15.6 Å². The van der Waals surface area contributed by atoms with Gasteiger partial charge in [-0.2, -0.15) is 0 Å². The van der Waals surface area contributed by atoms with E-state index in [4.69, 9.17) is 5.73 Å². The third kappa shape index (κ3) is 5.51. The number of aromatic nitrogens is 1. The molecule has 1 aromatic heterocycles. The van der Waals surface area contributed by atoms with Crippen molar-refractivity contribution in [3.63, 3.8) is 0 Å². The van der Waals surface area contributed by atoms with Crippen molar-refractivity contribution < 1.29 is 9.59 Å². The lowest BCUT2D eigenvalue weighted by Gasteiger charge is -2.36. The fourth-order valence-electron chi connectivity index (χ4n) is 3.83. The average molecular weight is 365 g/mol. The van der Waals surface area contributed by atoms with Crippen molar-refractivity contribution in [2.45, 2.75) is 63.8 Å². The second-order valence-electron chi connectivity index (χ2n) is 7.61. The zero-order valence-electron chi connectivity index (χ0n) is 14.6. The van der Waals surface area contributed by atoms with Crippen molar-refractivity contribution in [3.8, 4) is 0 Å². The van der Waals surface area contributed by atoms with E-state index in [1.807, 2.05) is 5.38 Å². The number of anilines is 1. The summed E-state index contributed by atoms with van der Waals surface area (Å²) < 4.78 is 0. The molecule has 0 radical (unpaired) electrons. The van der Waals surface area contributed by atoms with Crippen LogP contribution in [0.3, 0.4) is 0 Å². The molecule has 0 aliphatic heterocycles. The molecule has 1 unspecified atom stereocenters. The zero-order valence-corrected chi connectivity index (χ0v) is 15.4. The molecular formula is C18H28N4O2S. The van der Waals surface area contributed by atoms with Gasteiger partial charge in [0.05, 0.1) is 0 Å². The minimum Gasteiger partial charge on any atom is -0.355 e. The van der Waals surface area contributed by atoms with Crippen molar-refractivity contribution in [2.75, 3.05) is 11.9 Å². The van der Waals surface area contributed by atoms with Gasteiger partial charge in [0.2, 0.25) is 11.8 Å². The molecule has 3 rings (SSSR count). The molecular weight excluding hydrogens is 336 g/mol. The van der Waals surface area contributed by atoms with Gasteiger partial charge in [-0.15, -0.1) is 11.3 Å². The molecule has 6 nitrogen and oxygen atoms in total. The Morgan fingerprint density at radius 3 is 2.60 bits per heavy atom. The van der Waals surface area contributed by atoms with Gasteiger partial charge in [-0.25, -0.2) is 4.98 Å². The van der Waals surface area contributed by atoms with Crippen LogP contribution in [0.5, 0.6) is 0 Å². The van der Waals surface area contributed by atoms with Crippen molar-refractivity contribution in [1.82, 2.24) is 10.3 Å². The second kappa shape index (κ2) is 8.27. The molecule has 2 amide bonds. The summed E-state index contributed by atoms with van der Waals surface area (Å²) in [6, 6.07) is 0.0689. The summed E-state index contributed by atoms with van der Waals surface area (Å²) >= 11 is 1.41. The fraction of sp³-hybridized carbons (Fsp3) is 0.722. The van der Waals surface area contributed by atoms with Gasteiger partial charge >= 0.3 is 0 Å². The predicted molar refractivity (Wildman–Crippen MR) is 99.2 cm³/mol. The monoisotopic (exact) mass is 364 g/mol. The minimum atomic E-state index is -0.229. The number of hydrogen-bond donors (Lipinski definition) is 3. The summed E-state index contributed by atoms with van der Waals surface area (Å²) in [6.45, 7) is 0.547. The van der Waals surface area contributed by atoms with Crippen molar-refractivity contribution >= 4 is 28.3 Å². The standard InChI is InChI=1S/C18H28N4O2S/c19-14(13-4-5-13)12-21-15(23)10-18(6-2-1-3-7-18)11-16(24)22-17-20-8-9-25-17/h8-9,13-14H,1-7,10-12,19H2,(H,21,23)(H,20,22,24). The van der Waals surface area contributed by atoms with E-state index < -0.39 is 0 Å². The van der Waals surface area contributed by atoms with E-state index in [-0.39, 0.29) is 23.3 Å². The highest BCUT2D eigenvalue weighted by atomic mass is 32.1. The maximum absolute atomic E-state index is 12.5. The lowest BCUT2D eigenvalue weighted by Crippen LogP contribution is -2.41. The Morgan fingerprint density at radius 1 is 1.24 bits per heavy atom. The van der Waals surface area contributed by atoms with E-state index in [1.165, 1.54) is 30.6 Å². The SMILES string of the molecule is NC(CNC(=O)CC1(CC(=O)Nc2nccs2)CCCCC1)C1CC1. The number of nitrogens with zero attached hydrogens (tertiary/aromatic N) is 1. The van der Waals surface area contributed by atoms with Gasteiger partial charge in [-0.1, -0.05) is 19.3 Å². The first-order chi connectivity index (χ1) is 12.1. The Kier molecular flexibility index (Phi) is 6.06. The number of rotatable bonds is 8. The molecule has 0 bridgehead atoms. The molecule has 2 fully saturated rings. The number of hydrogen-bond acceptors (Lipinski definition) is 5. The molecule has 1 heterocycles. The molecule has 1 atom stereocenters. The second-order valence-corrected chi connectivity index (χ2v) is 8.50.